The normalized spacial score (nSPS) is 14.7. The summed E-state index contributed by atoms with van der Waals surface area (Å²) in [5.41, 5.74) is 1.93. The molecule has 8 heteroatoms. The highest BCUT2D eigenvalue weighted by molar-refractivity contribution is 7.99. The van der Waals surface area contributed by atoms with Crippen LogP contribution in [0.1, 0.15) is 31.1 Å². The predicted molar refractivity (Wildman–Crippen MR) is 113 cm³/mol. The van der Waals surface area contributed by atoms with Gasteiger partial charge in [0.05, 0.1) is 17.6 Å². The van der Waals surface area contributed by atoms with Gasteiger partial charge in [0.15, 0.2) is 5.82 Å². The third-order valence-electron chi connectivity index (χ3n) is 5.40. The maximum atomic E-state index is 13.1. The Balaban J connectivity index is 1.45. The predicted octanol–water partition coefficient (Wildman–Crippen LogP) is 3.48. The number of nitrogens with zero attached hydrogens (tertiary/aromatic N) is 4. The summed E-state index contributed by atoms with van der Waals surface area (Å²) in [5, 5.41) is 8.83. The number of hydrogen-bond acceptors (Lipinski definition) is 6. The number of hydrogen-bond donors (Lipinski definition) is 1. The number of rotatable bonds is 8. The van der Waals surface area contributed by atoms with Crippen LogP contribution in [0, 0.1) is 12.8 Å². The first-order valence-electron chi connectivity index (χ1n) is 9.75. The molecule has 1 aliphatic carbocycles. The molecule has 0 radical (unpaired) electrons. The van der Waals surface area contributed by atoms with Crippen LogP contribution in [0.2, 0.25) is 0 Å². The quantitative estimate of drug-likeness (QED) is 0.451. The minimum atomic E-state index is 0.0855. The van der Waals surface area contributed by atoms with Gasteiger partial charge in [0.25, 0.3) is 0 Å². The first kappa shape index (κ1) is 19.6. The largest absolute Gasteiger partial charge is 0.469 e. The number of amides is 1. The lowest BCUT2D eigenvalue weighted by molar-refractivity contribution is -0.131. The lowest BCUT2D eigenvalue weighted by Gasteiger charge is -2.29. The Morgan fingerprint density at radius 2 is 2.07 bits per heavy atom. The van der Waals surface area contributed by atoms with E-state index in [9.17, 15) is 4.79 Å². The van der Waals surface area contributed by atoms with Crippen LogP contribution >= 0.6 is 11.8 Å². The van der Waals surface area contributed by atoms with Gasteiger partial charge in [-0.25, -0.2) is 4.68 Å². The van der Waals surface area contributed by atoms with Crippen molar-refractivity contribution in [1.82, 2.24) is 19.8 Å². The Kier molecular flexibility index (Phi) is 5.62. The van der Waals surface area contributed by atoms with Gasteiger partial charge in [0.1, 0.15) is 5.76 Å². The summed E-state index contributed by atoms with van der Waals surface area (Å²) < 4.78 is 6.74. The van der Waals surface area contributed by atoms with Gasteiger partial charge in [0, 0.05) is 12.6 Å². The van der Waals surface area contributed by atoms with Crippen molar-refractivity contribution in [3.63, 3.8) is 0 Å². The number of thioether (sulfide) groups is 1. The number of aryl methyl sites for hydroxylation is 1. The minimum Gasteiger partial charge on any atom is -0.469 e. The molecule has 2 aromatic heterocycles. The van der Waals surface area contributed by atoms with Gasteiger partial charge in [-0.2, -0.15) is 0 Å². The lowest BCUT2D eigenvalue weighted by atomic mass is 10.1. The molecule has 2 N–H and O–H groups in total. The summed E-state index contributed by atoms with van der Waals surface area (Å²) in [4.78, 5) is 15.1. The maximum Gasteiger partial charge on any atom is 0.233 e. The van der Waals surface area contributed by atoms with Crippen molar-refractivity contribution in [2.24, 2.45) is 5.92 Å². The van der Waals surface area contributed by atoms with Crippen LogP contribution in [0.4, 0.5) is 0 Å². The minimum absolute atomic E-state index is 0.0855. The molecule has 1 amide bonds. The fourth-order valence-electron chi connectivity index (χ4n) is 3.46. The number of carbonyl (C=O) groups is 1. The molecule has 3 aromatic rings. The second kappa shape index (κ2) is 8.32. The summed E-state index contributed by atoms with van der Waals surface area (Å²) >= 11 is 1.31. The van der Waals surface area contributed by atoms with E-state index in [1.165, 1.54) is 29.3 Å². The summed E-state index contributed by atoms with van der Waals surface area (Å²) in [5.74, 6) is 8.38. The van der Waals surface area contributed by atoms with E-state index < -0.39 is 0 Å². The Morgan fingerprint density at radius 3 is 2.72 bits per heavy atom. The van der Waals surface area contributed by atoms with E-state index in [4.69, 9.17) is 10.3 Å². The van der Waals surface area contributed by atoms with Gasteiger partial charge in [-0.15, -0.1) is 10.2 Å². The van der Waals surface area contributed by atoms with E-state index in [2.05, 4.69) is 29.3 Å². The molecule has 1 aliphatic rings. The molecule has 1 aromatic carbocycles. The number of nitrogen functional groups attached to an aromatic ring is 1. The van der Waals surface area contributed by atoms with Crippen molar-refractivity contribution in [2.75, 3.05) is 11.6 Å². The van der Waals surface area contributed by atoms with Gasteiger partial charge >= 0.3 is 0 Å². The fourth-order valence-corrected chi connectivity index (χ4v) is 4.20. The van der Waals surface area contributed by atoms with Crippen LogP contribution < -0.4 is 5.84 Å². The van der Waals surface area contributed by atoms with Crippen molar-refractivity contribution < 1.29 is 9.21 Å². The van der Waals surface area contributed by atoms with Crippen LogP contribution in [0.15, 0.2) is 52.2 Å². The summed E-state index contributed by atoms with van der Waals surface area (Å²) in [6.07, 6.45) is 3.98. The van der Waals surface area contributed by atoms with Crippen molar-refractivity contribution in [2.45, 2.75) is 44.4 Å². The molecule has 152 valence electrons. The molecule has 1 fully saturated rings. The molecule has 0 bridgehead atoms. The standard InChI is InChI=1S/C21H25N5O2S/c1-14(17-8-9-17)25(12-16-6-4-3-5-7-16)19(27)13-29-21-24-23-20(26(21)22)18-10-11-28-15(18)2/h3-7,10-11,14,17H,8-9,12-13,22H2,1-2H3. The van der Waals surface area contributed by atoms with Gasteiger partial charge < -0.3 is 15.2 Å². The monoisotopic (exact) mass is 411 g/mol. The third kappa shape index (κ3) is 4.32. The maximum absolute atomic E-state index is 13.1. The molecule has 1 saturated carbocycles. The second-order valence-electron chi connectivity index (χ2n) is 7.44. The van der Waals surface area contributed by atoms with Gasteiger partial charge in [-0.1, -0.05) is 42.1 Å². The average molecular weight is 412 g/mol. The molecule has 2 heterocycles. The highest BCUT2D eigenvalue weighted by Crippen LogP contribution is 2.36. The molecule has 1 unspecified atom stereocenters. The molecule has 0 aliphatic heterocycles. The molecular weight excluding hydrogens is 386 g/mol. The van der Waals surface area contributed by atoms with Crippen LogP contribution in [-0.2, 0) is 11.3 Å². The second-order valence-corrected chi connectivity index (χ2v) is 8.38. The highest BCUT2D eigenvalue weighted by Gasteiger charge is 2.34. The Labute approximate surface area is 174 Å². The molecule has 29 heavy (non-hydrogen) atoms. The van der Waals surface area contributed by atoms with Crippen molar-refractivity contribution in [1.29, 1.82) is 0 Å². The molecular formula is C21H25N5O2S. The number of benzene rings is 1. The SMILES string of the molecule is Cc1occc1-c1nnc(SCC(=O)N(Cc2ccccc2)C(C)C2CC2)n1N. The van der Waals surface area contributed by atoms with Gasteiger partial charge in [0.2, 0.25) is 11.1 Å². The first-order chi connectivity index (χ1) is 14.0. The lowest BCUT2D eigenvalue weighted by Crippen LogP contribution is -2.40. The van der Waals surface area contributed by atoms with Crippen LogP contribution in [0.5, 0.6) is 0 Å². The zero-order valence-electron chi connectivity index (χ0n) is 16.6. The highest BCUT2D eigenvalue weighted by atomic mass is 32.2. The molecule has 7 nitrogen and oxygen atoms in total. The van der Waals surface area contributed by atoms with E-state index in [1.54, 1.807) is 12.3 Å². The smallest absolute Gasteiger partial charge is 0.233 e. The molecule has 4 rings (SSSR count). The summed E-state index contributed by atoms with van der Waals surface area (Å²) in [7, 11) is 0. The van der Waals surface area contributed by atoms with Crippen LogP contribution in [0.3, 0.4) is 0 Å². The van der Waals surface area contributed by atoms with Gasteiger partial charge in [-0.3, -0.25) is 4.79 Å². The number of nitrogens with two attached hydrogens (primary N) is 1. The topological polar surface area (TPSA) is 90.2 Å². The van der Waals surface area contributed by atoms with E-state index in [-0.39, 0.29) is 17.7 Å². The van der Waals surface area contributed by atoms with Crippen molar-refractivity contribution in [3.8, 4) is 11.4 Å². The third-order valence-corrected chi connectivity index (χ3v) is 6.33. The van der Waals surface area contributed by atoms with E-state index in [0.717, 1.165) is 16.9 Å². The first-order valence-corrected chi connectivity index (χ1v) is 10.7. The molecule has 0 spiro atoms. The van der Waals surface area contributed by atoms with Crippen LogP contribution in [0.25, 0.3) is 11.4 Å². The van der Waals surface area contributed by atoms with Crippen LogP contribution in [-0.4, -0.2) is 37.5 Å². The number of aromatic nitrogens is 3. The van der Waals surface area contributed by atoms with Gasteiger partial charge in [-0.05, 0) is 44.2 Å². The Bertz CT molecular complexity index is 980. The number of carbonyl (C=O) groups excluding carboxylic acids is 1. The van der Waals surface area contributed by atoms with E-state index >= 15 is 0 Å². The molecule has 0 saturated heterocycles. The molecule has 1 atom stereocenters. The van der Waals surface area contributed by atoms with E-state index in [0.29, 0.717) is 23.4 Å². The fraction of sp³-hybridized carbons (Fsp3) is 0.381. The van der Waals surface area contributed by atoms with Crippen molar-refractivity contribution in [3.05, 3.63) is 54.0 Å². The average Bonchev–Trinajstić information content (AvgIpc) is 3.41. The summed E-state index contributed by atoms with van der Waals surface area (Å²) in [6.45, 7) is 4.61. The zero-order valence-corrected chi connectivity index (χ0v) is 17.4. The van der Waals surface area contributed by atoms with Crippen molar-refractivity contribution >= 4 is 17.7 Å². The zero-order chi connectivity index (χ0) is 20.4. The Hall–Kier alpha value is -2.74. The Morgan fingerprint density at radius 1 is 1.31 bits per heavy atom. The number of furan rings is 1. The summed E-state index contributed by atoms with van der Waals surface area (Å²) in [6, 6.07) is 12.1. The van der Waals surface area contributed by atoms with E-state index in [1.807, 2.05) is 30.0 Å².